The van der Waals surface area contributed by atoms with Crippen molar-refractivity contribution in [2.45, 2.75) is 39.8 Å². The van der Waals surface area contributed by atoms with Crippen molar-refractivity contribution in [2.24, 2.45) is 0 Å². The molecule has 1 aromatic carbocycles. The molecule has 0 aliphatic carbocycles. The Morgan fingerprint density at radius 1 is 1.33 bits per heavy atom. The summed E-state index contributed by atoms with van der Waals surface area (Å²) >= 11 is 4.53. The predicted molar refractivity (Wildman–Crippen MR) is 121 cm³/mol. The molecule has 1 atom stereocenters. The van der Waals surface area contributed by atoms with Gasteiger partial charge in [-0.2, -0.15) is 0 Å². The Bertz CT molecular complexity index is 1090. The van der Waals surface area contributed by atoms with Gasteiger partial charge in [0, 0.05) is 16.1 Å². The molecule has 0 fully saturated rings. The normalized spacial score (nSPS) is 13.2. The first-order chi connectivity index (χ1) is 14.3. The fourth-order valence-corrected chi connectivity index (χ4v) is 4.00. The number of thiazole rings is 1. The van der Waals surface area contributed by atoms with Crippen LogP contribution in [-0.4, -0.2) is 36.2 Å². The number of hydrogen-bond donors (Lipinski definition) is 1. The molecule has 2 aromatic rings. The summed E-state index contributed by atoms with van der Waals surface area (Å²) in [7, 11) is 1.55. The first-order valence-corrected chi connectivity index (χ1v) is 11.1. The van der Waals surface area contributed by atoms with E-state index in [1.165, 1.54) is 10.6 Å². The summed E-state index contributed by atoms with van der Waals surface area (Å²) in [4.78, 5) is 37.4. The van der Waals surface area contributed by atoms with Crippen LogP contribution in [0, 0.1) is 0 Å². The highest BCUT2D eigenvalue weighted by Gasteiger charge is 2.13. The van der Waals surface area contributed by atoms with E-state index >= 15 is 0 Å². The molecule has 0 spiro atoms. The topological polar surface area (TPSA) is 86.6 Å². The number of rotatable bonds is 8. The van der Waals surface area contributed by atoms with Gasteiger partial charge in [0.1, 0.15) is 17.0 Å². The first-order valence-electron chi connectivity index (χ1n) is 9.51. The summed E-state index contributed by atoms with van der Waals surface area (Å²) in [6.45, 7) is 5.58. The van der Waals surface area contributed by atoms with Crippen LogP contribution < -0.4 is 24.8 Å². The van der Waals surface area contributed by atoms with Crippen LogP contribution in [0.15, 0.2) is 27.5 Å². The number of ether oxygens (including phenoxy) is 2. The molecule has 1 heterocycles. The second kappa shape index (κ2) is 11.1. The third-order valence-electron chi connectivity index (χ3n) is 4.26. The minimum absolute atomic E-state index is 0.0127. The minimum Gasteiger partial charge on any atom is -0.496 e. The number of amides is 1. The number of benzene rings is 1. The van der Waals surface area contributed by atoms with Crippen LogP contribution in [0.1, 0.15) is 32.8 Å². The quantitative estimate of drug-likeness (QED) is 0.562. The molecule has 7 nitrogen and oxygen atoms in total. The lowest BCUT2D eigenvalue weighted by molar-refractivity contribution is -0.135. The van der Waals surface area contributed by atoms with Gasteiger partial charge in [-0.1, -0.05) is 22.9 Å². The number of aromatic nitrogens is 1. The van der Waals surface area contributed by atoms with Crippen LogP contribution in [0.5, 0.6) is 5.75 Å². The summed E-state index contributed by atoms with van der Waals surface area (Å²) in [6, 6.07) is 5.43. The molecule has 30 heavy (non-hydrogen) atoms. The van der Waals surface area contributed by atoms with Gasteiger partial charge in [0.25, 0.3) is 5.56 Å². The highest BCUT2D eigenvalue weighted by molar-refractivity contribution is 9.10. The van der Waals surface area contributed by atoms with Gasteiger partial charge in [-0.25, -0.2) is 4.79 Å². The molecule has 0 bridgehead atoms. The molecule has 162 valence electrons. The van der Waals surface area contributed by atoms with Gasteiger partial charge in [0.05, 0.1) is 24.3 Å². The molecule has 0 saturated carbocycles. The van der Waals surface area contributed by atoms with Crippen molar-refractivity contribution in [3.05, 3.63) is 47.8 Å². The van der Waals surface area contributed by atoms with E-state index in [4.69, 9.17) is 9.47 Å². The van der Waals surface area contributed by atoms with Crippen LogP contribution in [0.4, 0.5) is 0 Å². The zero-order valence-electron chi connectivity index (χ0n) is 17.4. The maximum absolute atomic E-state index is 13.0. The molecule has 2 rings (SSSR count). The second-order valence-electron chi connectivity index (χ2n) is 6.50. The Kier molecular flexibility index (Phi) is 8.86. The predicted octanol–water partition coefficient (Wildman–Crippen LogP) is 1.77. The maximum atomic E-state index is 13.0. The van der Waals surface area contributed by atoms with Crippen LogP contribution in [0.2, 0.25) is 0 Å². The van der Waals surface area contributed by atoms with Crippen LogP contribution in [-0.2, 0) is 20.9 Å². The van der Waals surface area contributed by atoms with Crippen molar-refractivity contribution in [1.82, 2.24) is 9.88 Å². The van der Waals surface area contributed by atoms with Crippen LogP contribution >= 0.6 is 27.3 Å². The molecular weight excluding hydrogens is 472 g/mol. The SMILES string of the molecule is CCOC(=O)/C=c1\s/c(=C\c2cc(Br)ccc2OC)c(=O)n1CC(=O)NC(C)CC. The maximum Gasteiger partial charge on any atom is 0.333 e. The molecule has 1 unspecified atom stereocenters. The van der Waals surface area contributed by atoms with Crippen molar-refractivity contribution in [2.75, 3.05) is 13.7 Å². The Morgan fingerprint density at radius 3 is 2.70 bits per heavy atom. The van der Waals surface area contributed by atoms with E-state index in [0.29, 0.717) is 20.5 Å². The van der Waals surface area contributed by atoms with E-state index in [-0.39, 0.29) is 30.7 Å². The monoisotopic (exact) mass is 496 g/mol. The Hall–Kier alpha value is -2.39. The summed E-state index contributed by atoms with van der Waals surface area (Å²) < 4.78 is 13.2. The third kappa shape index (κ3) is 6.30. The number of nitrogens with zero attached hydrogens (tertiary/aromatic N) is 1. The zero-order chi connectivity index (χ0) is 22.3. The van der Waals surface area contributed by atoms with Gasteiger partial charge in [0.15, 0.2) is 0 Å². The van der Waals surface area contributed by atoms with E-state index in [9.17, 15) is 14.4 Å². The molecule has 0 radical (unpaired) electrons. The van der Waals surface area contributed by atoms with Crippen molar-refractivity contribution in [1.29, 1.82) is 0 Å². The molecule has 0 aliphatic heterocycles. The summed E-state index contributed by atoms with van der Waals surface area (Å²) in [5.74, 6) is -0.265. The minimum atomic E-state index is -0.568. The first kappa shape index (κ1) is 23.9. The Balaban J connectivity index is 2.60. The zero-order valence-corrected chi connectivity index (χ0v) is 19.8. The van der Waals surface area contributed by atoms with E-state index in [1.54, 1.807) is 26.2 Å². The van der Waals surface area contributed by atoms with Crippen LogP contribution in [0.3, 0.4) is 0 Å². The van der Waals surface area contributed by atoms with E-state index < -0.39 is 5.97 Å². The Morgan fingerprint density at radius 2 is 2.07 bits per heavy atom. The van der Waals surface area contributed by atoms with Gasteiger partial charge >= 0.3 is 5.97 Å². The molecule has 0 saturated heterocycles. The lowest BCUT2D eigenvalue weighted by atomic mass is 10.2. The fourth-order valence-electron chi connectivity index (χ4n) is 2.60. The van der Waals surface area contributed by atoms with Gasteiger partial charge in [-0.3, -0.25) is 14.2 Å². The number of halogens is 1. The van der Waals surface area contributed by atoms with Gasteiger partial charge in [-0.05, 0) is 44.5 Å². The number of carbonyl (C=O) groups excluding carboxylic acids is 2. The summed E-state index contributed by atoms with van der Waals surface area (Å²) in [5.41, 5.74) is 0.334. The van der Waals surface area contributed by atoms with Crippen molar-refractivity contribution in [3.8, 4) is 5.75 Å². The highest BCUT2D eigenvalue weighted by atomic mass is 79.9. The molecule has 1 aromatic heterocycles. The molecule has 9 heteroatoms. The number of esters is 1. The van der Waals surface area contributed by atoms with Crippen molar-refractivity contribution >= 4 is 51.3 Å². The lowest BCUT2D eigenvalue weighted by Crippen LogP contribution is -2.41. The average Bonchev–Trinajstić information content (AvgIpc) is 2.96. The number of carbonyl (C=O) groups is 2. The Labute approximate surface area is 187 Å². The van der Waals surface area contributed by atoms with Crippen LogP contribution in [0.25, 0.3) is 12.2 Å². The summed E-state index contributed by atoms with van der Waals surface area (Å²) in [5, 5.41) is 2.84. The van der Waals surface area contributed by atoms with E-state index in [2.05, 4.69) is 21.2 Å². The standard InChI is InChI=1S/C21H25BrN2O5S/c1-5-13(3)23-18(25)12-24-19(11-20(26)29-6-2)30-17(21(24)27)10-14-9-15(22)7-8-16(14)28-4/h7-11,13H,5-6,12H2,1-4H3,(H,23,25)/b17-10-,19-11-. The van der Waals surface area contributed by atoms with Crippen molar-refractivity contribution < 1.29 is 19.1 Å². The van der Waals surface area contributed by atoms with Gasteiger partial charge in [0.2, 0.25) is 5.91 Å². The largest absolute Gasteiger partial charge is 0.496 e. The molecular formula is C21H25BrN2O5S. The average molecular weight is 497 g/mol. The smallest absolute Gasteiger partial charge is 0.333 e. The van der Waals surface area contributed by atoms with E-state index in [0.717, 1.165) is 22.2 Å². The lowest BCUT2D eigenvalue weighted by Gasteiger charge is -2.11. The van der Waals surface area contributed by atoms with Gasteiger partial charge < -0.3 is 14.8 Å². The molecule has 0 aliphatic rings. The number of nitrogens with one attached hydrogen (secondary N) is 1. The molecule has 1 amide bonds. The molecule has 1 N–H and O–H groups in total. The third-order valence-corrected chi connectivity index (χ3v) is 5.82. The highest BCUT2D eigenvalue weighted by Crippen LogP contribution is 2.23. The fraction of sp³-hybridized carbons (Fsp3) is 0.381. The number of methoxy groups -OCH3 is 1. The van der Waals surface area contributed by atoms with Crippen molar-refractivity contribution in [3.63, 3.8) is 0 Å². The van der Waals surface area contributed by atoms with E-state index in [1.807, 2.05) is 26.0 Å². The summed E-state index contributed by atoms with van der Waals surface area (Å²) in [6.07, 6.45) is 3.69. The second-order valence-corrected chi connectivity index (χ2v) is 8.48. The van der Waals surface area contributed by atoms with Gasteiger partial charge in [-0.15, -0.1) is 11.3 Å². The number of hydrogen-bond acceptors (Lipinski definition) is 6.